The van der Waals surface area contributed by atoms with Gasteiger partial charge in [0.15, 0.2) is 0 Å². The van der Waals surface area contributed by atoms with Crippen molar-refractivity contribution in [3.63, 3.8) is 0 Å². The molecule has 88 valence electrons. The van der Waals surface area contributed by atoms with Crippen molar-refractivity contribution in [3.05, 3.63) is 29.3 Å². The fourth-order valence-corrected chi connectivity index (χ4v) is 1.49. The average molecular weight is 228 g/mol. The Morgan fingerprint density at radius 1 is 1.19 bits per heavy atom. The Balaban J connectivity index is 3.23. The van der Waals surface area contributed by atoms with E-state index in [0.29, 0.717) is 0 Å². The number of ether oxygens (including phenoxy) is 1. The van der Waals surface area contributed by atoms with Crippen molar-refractivity contribution in [2.24, 2.45) is 0 Å². The van der Waals surface area contributed by atoms with Crippen molar-refractivity contribution in [1.29, 1.82) is 0 Å². The first-order valence-electron chi connectivity index (χ1n) is 4.90. The number of hydrogen-bond acceptors (Lipinski definition) is 2. The molecule has 0 N–H and O–H groups in total. The molecule has 16 heavy (non-hydrogen) atoms. The van der Waals surface area contributed by atoms with E-state index in [4.69, 9.17) is 0 Å². The van der Waals surface area contributed by atoms with E-state index in [0.717, 1.165) is 12.1 Å². The summed E-state index contributed by atoms with van der Waals surface area (Å²) in [6, 6.07) is 2.04. The van der Waals surface area contributed by atoms with Gasteiger partial charge in [-0.1, -0.05) is 20.8 Å². The lowest BCUT2D eigenvalue weighted by molar-refractivity contribution is -0.131. The van der Waals surface area contributed by atoms with Crippen LogP contribution < -0.4 is 4.74 Å². The number of carbonyl (C=O) groups is 1. The van der Waals surface area contributed by atoms with Gasteiger partial charge in [-0.2, -0.15) is 0 Å². The van der Waals surface area contributed by atoms with Crippen LogP contribution >= 0.6 is 0 Å². The third-order valence-corrected chi connectivity index (χ3v) is 2.03. The van der Waals surface area contributed by atoms with Gasteiger partial charge >= 0.3 is 5.97 Å². The maximum Gasteiger partial charge on any atom is 0.308 e. The molecule has 0 spiro atoms. The molecule has 0 amide bonds. The molecule has 0 heterocycles. The van der Waals surface area contributed by atoms with E-state index in [1.54, 1.807) is 20.8 Å². The van der Waals surface area contributed by atoms with Crippen LogP contribution in [-0.4, -0.2) is 5.97 Å². The molecule has 0 unspecified atom stereocenters. The monoisotopic (exact) mass is 228 g/mol. The number of benzene rings is 1. The average Bonchev–Trinajstić information content (AvgIpc) is 1.96. The Morgan fingerprint density at radius 2 is 1.62 bits per heavy atom. The van der Waals surface area contributed by atoms with E-state index in [1.807, 2.05) is 0 Å². The molecule has 1 rings (SSSR count). The summed E-state index contributed by atoms with van der Waals surface area (Å²) < 4.78 is 31.9. The molecule has 4 heteroatoms. The molecule has 1 aromatic rings. The van der Waals surface area contributed by atoms with Gasteiger partial charge in [0.1, 0.15) is 17.4 Å². The van der Waals surface area contributed by atoms with Crippen LogP contribution in [-0.2, 0) is 10.2 Å². The Morgan fingerprint density at radius 3 is 1.94 bits per heavy atom. The summed E-state index contributed by atoms with van der Waals surface area (Å²) in [5.74, 6) is -2.13. The van der Waals surface area contributed by atoms with Gasteiger partial charge in [-0.3, -0.25) is 4.79 Å². The first-order valence-corrected chi connectivity index (χ1v) is 4.90. The highest BCUT2D eigenvalue weighted by Crippen LogP contribution is 2.30. The van der Waals surface area contributed by atoms with Crippen LogP contribution in [0.1, 0.15) is 33.3 Å². The van der Waals surface area contributed by atoms with Gasteiger partial charge < -0.3 is 4.74 Å². The summed E-state index contributed by atoms with van der Waals surface area (Å²) in [4.78, 5) is 10.7. The van der Waals surface area contributed by atoms with E-state index in [2.05, 4.69) is 4.74 Å². The molecule has 0 aliphatic carbocycles. The van der Waals surface area contributed by atoms with Crippen LogP contribution in [0.3, 0.4) is 0 Å². The van der Waals surface area contributed by atoms with E-state index in [9.17, 15) is 13.6 Å². The summed E-state index contributed by atoms with van der Waals surface area (Å²) in [6.07, 6.45) is 0. The lowest BCUT2D eigenvalue weighted by Gasteiger charge is -2.20. The highest BCUT2D eigenvalue weighted by Gasteiger charge is 2.24. The third-order valence-electron chi connectivity index (χ3n) is 2.03. The zero-order valence-electron chi connectivity index (χ0n) is 9.73. The molecule has 0 bridgehead atoms. The minimum atomic E-state index is -0.705. The van der Waals surface area contributed by atoms with Crippen molar-refractivity contribution < 1.29 is 18.3 Å². The Hall–Kier alpha value is -1.45. The predicted octanol–water partition coefficient (Wildman–Crippen LogP) is 3.19. The van der Waals surface area contributed by atoms with E-state index < -0.39 is 23.0 Å². The number of hydrogen-bond donors (Lipinski definition) is 0. The number of carbonyl (C=O) groups excluding carboxylic acids is 1. The lowest BCUT2D eigenvalue weighted by atomic mass is 9.86. The summed E-state index contributed by atoms with van der Waals surface area (Å²) in [5, 5.41) is 0. The molecule has 0 aromatic heterocycles. The molecule has 1 aromatic carbocycles. The summed E-state index contributed by atoms with van der Waals surface area (Å²) >= 11 is 0. The largest absolute Gasteiger partial charge is 0.427 e. The smallest absolute Gasteiger partial charge is 0.308 e. The molecular weight excluding hydrogens is 214 g/mol. The van der Waals surface area contributed by atoms with Gasteiger partial charge in [0, 0.05) is 24.6 Å². The Kier molecular flexibility index (Phi) is 3.31. The van der Waals surface area contributed by atoms with E-state index in [-0.39, 0.29) is 11.3 Å². The highest BCUT2D eigenvalue weighted by atomic mass is 19.1. The van der Waals surface area contributed by atoms with Crippen molar-refractivity contribution >= 4 is 5.97 Å². The number of rotatable bonds is 1. The molecular formula is C12H14F2O2. The molecule has 2 nitrogen and oxygen atoms in total. The number of halogens is 2. The summed E-state index contributed by atoms with van der Waals surface area (Å²) in [5.41, 5.74) is -0.647. The van der Waals surface area contributed by atoms with Gasteiger partial charge in [0.05, 0.1) is 0 Å². The molecule has 0 aliphatic heterocycles. The SMILES string of the molecule is CC(=O)Oc1cc(F)c(C(C)(C)C)c(F)c1. The van der Waals surface area contributed by atoms with Gasteiger partial charge in [0.25, 0.3) is 0 Å². The van der Waals surface area contributed by atoms with Gasteiger partial charge in [-0.15, -0.1) is 0 Å². The minimum absolute atomic E-state index is 0.0107. The molecule has 0 aliphatic rings. The second-order valence-electron chi connectivity index (χ2n) is 4.61. The van der Waals surface area contributed by atoms with Crippen LogP contribution in [0.5, 0.6) is 5.75 Å². The number of esters is 1. The normalized spacial score (nSPS) is 11.4. The predicted molar refractivity (Wildman–Crippen MR) is 56.4 cm³/mol. The van der Waals surface area contributed by atoms with E-state index in [1.165, 1.54) is 6.92 Å². The standard InChI is InChI=1S/C12H14F2O2/c1-7(15)16-8-5-9(13)11(10(14)6-8)12(2,3)4/h5-6H,1-4H3. The van der Waals surface area contributed by atoms with Gasteiger partial charge in [0.2, 0.25) is 0 Å². The molecule has 0 fully saturated rings. The first kappa shape index (κ1) is 12.6. The fourth-order valence-electron chi connectivity index (χ4n) is 1.49. The molecule has 0 atom stereocenters. The van der Waals surface area contributed by atoms with Crippen molar-refractivity contribution in [1.82, 2.24) is 0 Å². The van der Waals surface area contributed by atoms with Crippen LogP contribution in [0.15, 0.2) is 12.1 Å². The third kappa shape index (κ3) is 2.78. The maximum absolute atomic E-state index is 13.6. The molecule has 0 radical (unpaired) electrons. The van der Waals surface area contributed by atoms with E-state index >= 15 is 0 Å². The molecule has 0 saturated carbocycles. The van der Waals surface area contributed by atoms with Crippen molar-refractivity contribution in [2.45, 2.75) is 33.1 Å². The zero-order valence-corrected chi connectivity index (χ0v) is 9.73. The second kappa shape index (κ2) is 4.20. The quantitative estimate of drug-likeness (QED) is 0.545. The summed E-state index contributed by atoms with van der Waals surface area (Å²) in [7, 11) is 0. The topological polar surface area (TPSA) is 26.3 Å². The first-order chi connectivity index (χ1) is 7.21. The Labute approximate surface area is 93.2 Å². The van der Waals surface area contributed by atoms with Crippen LogP contribution in [0.25, 0.3) is 0 Å². The molecule has 0 saturated heterocycles. The zero-order chi connectivity index (χ0) is 12.5. The minimum Gasteiger partial charge on any atom is -0.427 e. The van der Waals surface area contributed by atoms with Crippen LogP contribution in [0.2, 0.25) is 0 Å². The van der Waals surface area contributed by atoms with Crippen LogP contribution in [0, 0.1) is 11.6 Å². The van der Waals surface area contributed by atoms with Crippen LogP contribution in [0.4, 0.5) is 8.78 Å². The van der Waals surface area contributed by atoms with Crippen molar-refractivity contribution in [3.8, 4) is 5.75 Å². The highest BCUT2D eigenvalue weighted by molar-refractivity contribution is 5.69. The van der Waals surface area contributed by atoms with Crippen molar-refractivity contribution in [2.75, 3.05) is 0 Å². The van der Waals surface area contributed by atoms with Gasteiger partial charge in [-0.25, -0.2) is 8.78 Å². The Bertz CT molecular complexity index is 397. The van der Waals surface area contributed by atoms with Gasteiger partial charge in [-0.05, 0) is 5.41 Å². The summed E-state index contributed by atoms with van der Waals surface area (Å²) in [6.45, 7) is 6.30. The fraction of sp³-hybridized carbons (Fsp3) is 0.417. The maximum atomic E-state index is 13.6. The lowest BCUT2D eigenvalue weighted by Crippen LogP contribution is -2.16. The second-order valence-corrected chi connectivity index (χ2v) is 4.61.